The normalized spacial score (nSPS) is 57.0. The van der Waals surface area contributed by atoms with Crippen molar-refractivity contribution >= 4 is 0 Å². The first-order valence-electron chi connectivity index (χ1n) is 4.90. The van der Waals surface area contributed by atoms with Crippen LogP contribution in [0.2, 0.25) is 0 Å². The van der Waals surface area contributed by atoms with Gasteiger partial charge in [-0.2, -0.15) is 0 Å². The number of rotatable bonds is 2. The molecule has 2 aliphatic rings. The summed E-state index contributed by atoms with van der Waals surface area (Å²) in [7, 11) is 0. The maximum atomic E-state index is 10.1. The monoisotopic (exact) mass is 170 g/mol. The summed E-state index contributed by atoms with van der Waals surface area (Å²) in [5.74, 6) is 1.19. The van der Waals surface area contributed by atoms with Gasteiger partial charge in [0, 0.05) is 12.0 Å². The number of aliphatic hydroxyl groups excluding tert-OH is 1. The van der Waals surface area contributed by atoms with Gasteiger partial charge in [0.2, 0.25) is 0 Å². The molecule has 0 bridgehead atoms. The van der Waals surface area contributed by atoms with Gasteiger partial charge in [-0.3, -0.25) is 0 Å². The zero-order valence-corrected chi connectivity index (χ0v) is 7.88. The van der Waals surface area contributed by atoms with Crippen LogP contribution in [0.1, 0.15) is 33.1 Å². The van der Waals surface area contributed by atoms with Gasteiger partial charge < -0.3 is 10.2 Å². The van der Waals surface area contributed by atoms with Crippen LogP contribution in [-0.2, 0) is 0 Å². The highest BCUT2D eigenvalue weighted by molar-refractivity contribution is 5.21. The minimum absolute atomic E-state index is 0.0712. The van der Waals surface area contributed by atoms with Crippen LogP contribution in [0.5, 0.6) is 0 Å². The summed E-state index contributed by atoms with van der Waals surface area (Å²) < 4.78 is 0. The molecule has 2 atom stereocenters. The average Bonchev–Trinajstić information content (AvgIpc) is 1.99. The zero-order chi connectivity index (χ0) is 8.98. The summed E-state index contributed by atoms with van der Waals surface area (Å²) in [6, 6.07) is 0. The van der Waals surface area contributed by atoms with Gasteiger partial charge >= 0.3 is 0 Å². The van der Waals surface area contributed by atoms with Crippen molar-refractivity contribution < 1.29 is 10.2 Å². The van der Waals surface area contributed by atoms with Crippen LogP contribution in [-0.4, -0.2) is 22.4 Å². The van der Waals surface area contributed by atoms with Crippen molar-refractivity contribution in [3.63, 3.8) is 0 Å². The van der Waals surface area contributed by atoms with Crippen LogP contribution in [0.3, 0.4) is 0 Å². The summed E-state index contributed by atoms with van der Waals surface area (Å²) in [4.78, 5) is 0. The first-order chi connectivity index (χ1) is 5.57. The Bertz CT molecular complexity index is 188. The lowest BCUT2D eigenvalue weighted by Crippen LogP contribution is -2.74. The van der Waals surface area contributed by atoms with E-state index in [1.807, 2.05) is 0 Å². The van der Waals surface area contributed by atoms with Crippen LogP contribution in [0, 0.1) is 17.3 Å². The highest BCUT2D eigenvalue weighted by Gasteiger charge is 2.72. The second-order valence-corrected chi connectivity index (χ2v) is 4.76. The number of hydrogen-bond acceptors (Lipinski definition) is 2. The van der Waals surface area contributed by atoms with Crippen LogP contribution in [0.25, 0.3) is 0 Å². The predicted molar refractivity (Wildman–Crippen MR) is 46.6 cm³/mol. The van der Waals surface area contributed by atoms with E-state index < -0.39 is 5.60 Å². The predicted octanol–water partition coefficient (Wildman–Crippen LogP) is 1.17. The van der Waals surface area contributed by atoms with Crippen molar-refractivity contribution in [1.29, 1.82) is 0 Å². The fourth-order valence-corrected chi connectivity index (χ4v) is 3.89. The van der Waals surface area contributed by atoms with Gasteiger partial charge in [-0.15, -0.1) is 0 Å². The molecule has 2 fully saturated rings. The largest absolute Gasteiger partial charge is 0.396 e. The maximum absolute atomic E-state index is 10.1. The molecule has 0 amide bonds. The summed E-state index contributed by atoms with van der Waals surface area (Å²) >= 11 is 0. The minimum atomic E-state index is -0.408. The van der Waals surface area contributed by atoms with Crippen LogP contribution >= 0.6 is 0 Å². The van der Waals surface area contributed by atoms with Crippen molar-refractivity contribution in [2.45, 2.75) is 38.7 Å². The summed E-state index contributed by atoms with van der Waals surface area (Å²) in [5.41, 5.74) is -0.337. The molecular weight excluding hydrogens is 152 g/mol. The minimum Gasteiger partial charge on any atom is -0.396 e. The Morgan fingerprint density at radius 3 is 1.92 bits per heavy atom. The maximum Gasteiger partial charge on any atom is 0.0715 e. The van der Waals surface area contributed by atoms with E-state index in [0.29, 0.717) is 11.8 Å². The molecule has 2 unspecified atom stereocenters. The standard InChI is InChI=1S/C10H18O2/c1-7-5-9(12)6-8(2)10(7,9)3-4-11/h7-8,11-12H,3-6H2,1-2H3. The van der Waals surface area contributed by atoms with Crippen molar-refractivity contribution in [1.82, 2.24) is 0 Å². The molecule has 2 heteroatoms. The first kappa shape index (κ1) is 8.52. The van der Waals surface area contributed by atoms with E-state index in [1.165, 1.54) is 0 Å². The molecular formula is C10H18O2. The Morgan fingerprint density at radius 2 is 1.75 bits per heavy atom. The van der Waals surface area contributed by atoms with Gasteiger partial charge in [0.15, 0.2) is 0 Å². The lowest BCUT2D eigenvalue weighted by Gasteiger charge is -2.73. The molecule has 0 spiro atoms. The van der Waals surface area contributed by atoms with E-state index in [-0.39, 0.29) is 12.0 Å². The van der Waals surface area contributed by atoms with E-state index in [0.717, 1.165) is 19.3 Å². The smallest absolute Gasteiger partial charge is 0.0715 e. The van der Waals surface area contributed by atoms with E-state index in [9.17, 15) is 5.11 Å². The number of aliphatic hydroxyl groups is 2. The summed E-state index contributed by atoms with van der Waals surface area (Å²) in [5, 5.41) is 19.0. The molecule has 0 aromatic rings. The zero-order valence-electron chi connectivity index (χ0n) is 7.88. The molecule has 0 radical (unpaired) electrons. The number of hydrogen-bond donors (Lipinski definition) is 2. The van der Waals surface area contributed by atoms with Gasteiger partial charge in [0.25, 0.3) is 0 Å². The first-order valence-corrected chi connectivity index (χ1v) is 4.90. The SMILES string of the molecule is CC1CC2(O)CC(C)C12CCO. The third kappa shape index (κ3) is 0.647. The fourth-order valence-electron chi connectivity index (χ4n) is 3.89. The molecule has 0 heterocycles. The van der Waals surface area contributed by atoms with Gasteiger partial charge in [-0.1, -0.05) is 13.8 Å². The third-order valence-corrected chi connectivity index (χ3v) is 4.44. The Balaban J connectivity index is 2.18. The molecule has 0 aliphatic heterocycles. The van der Waals surface area contributed by atoms with Crippen LogP contribution < -0.4 is 0 Å². The van der Waals surface area contributed by atoms with Gasteiger partial charge in [-0.25, -0.2) is 0 Å². The molecule has 2 saturated carbocycles. The Morgan fingerprint density at radius 1 is 1.25 bits per heavy atom. The highest BCUT2D eigenvalue weighted by Crippen LogP contribution is 2.71. The molecule has 0 saturated heterocycles. The van der Waals surface area contributed by atoms with Crippen molar-refractivity contribution in [3.05, 3.63) is 0 Å². The van der Waals surface area contributed by atoms with Crippen molar-refractivity contribution in [2.75, 3.05) is 6.61 Å². The van der Waals surface area contributed by atoms with Crippen LogP contribution in [0.4, 0.5) is 0 Å². The van der Waals surface area contributed by atoms with Gasteiger partial charge in [-0.05, 0) is 31.1 Å². The van der Waals surface area contributed by atoms with E-state index in [2.05, 4.69) is 13.8 Å². The summed E-state index contributed by atoms with van der Waals surface area (Å²) in [6.45, 7) is 4.61. The molecule has 0 aromatic carbocycles. The van der Waals surface area contributed by atoms with Gasteiger partial charge in [0.1, 0.15) is 0 Å². The highest BCUT2D eigenvalue weighted by atomic mass is 16.3. The molecule has 2 rings (SSSR count). The van der Waals surface area contributed by atoms with E-state index in [1.54, 1.807) is 0 Å². The second kappa shape index (κ2) is 2.24. The lowest BCUT2D eigenvalue weighted by molar-refractivity contribution is -0.317. The molecule has 2 N–H and O–H groups in total. The quantitative estimate of drug-likeness (QED) is 0.653. The van der Waals surface area contributed by atoms with E-state index >= 15 is 0 Å². The topological polar surface area (TPSA) is 40.5 Å². The molecule has 2 nitrogen and oxygen atoms in total. The molecule has 0 aromatic heterocycles. The third-order valence-electron chi connectivity index (χ3n) is 4.44. The Kier molecular flexibility index (Phi) is 1.59. The van der Waals surface area contributed by atoms with E-state index in [4.69, 9.17) is 5.11 Å². The van der Waals surface area contributed by atoms with Crippen molar-refractivity contribution in [2.24, 2.45) is 17.3 Å². The average molecular weight is 170 g/mol. The Labute approximate surface area is 73.6 Å². The fraction of sp³-hybridized carbons (Fsp3) is 1.00. The van der Waals surface area contributed by atoms with Crippen LogP contribution in [0.15, 0.2) is 0 Å². The molecule has 12 heavy (non-hydrogen) atoms. The summed E-state index contributed by atoms with van der Waals surface area (Å²) in [6.07, 6.45) is 2.67. The Hall–Kier alpha value is -0.0800. The number of fused-ring (bicyclic) bond motifs is 1. The molecule has 2 aliphatic carbocycles. The lowest BCUT2D eigenvalue weighted by atomic mass is 9.34. The molecule has 70 valence electrons. The second-order valence-electron chi connectivity index (χ2n) is 4.76. The van der Waals surface area contributed by atoms with Crippen molar-refractivity contribution in [3.8, 4) is 0 Å². The van der Waals surface area contributed by atoms with Gasteiger partial charge in [0.05, 0.1) is 5.60 Å².